The summed E-state index contributed by atoms with van der Waals surface area (Å²) in [5.74, 6) is 0.339. The maximum Gasteiger partial charge on any atom is 0.276 e. The third kappa shape index (κ3) is 3.39. The Hall–Kier alpha value is -3.10. The van der Waals surface area contributed by atoms with Crippen molar-refractivity contribution in [2.24, 2.45) is 0 Å². The normalized spacial score (nSPS) is 12.2. The Bertz CT molecular complexity index is 853. The third-order valence-corrected chi connectivity index (χ3v) is 4.07. The predicted octanol–water partition coefficient (Wildman–Crippen LogP) is 1.27. The van der Waals surface area contributed by atoms with E-state index in [1.165, 1.54) is 0 Å². The summed E-state index contributed by atoms with van der Waals surface area (Å²) in [6.45, 7) is 6.25. The van der Waals surface area contributed by atoms with E-state index in [-0.39, 0.29) is 11.8 Å². The molecule has 3 aromatic rings. The highest BCUT2D eigenvalue weighted by molar-refractivity contribution is 5.93. The van der Waals surface area contributed by atoms with Gasteiger partial charge in [-0.05, 0) is 26.0 Å². The molecule has 1 amide bonds. The monoisotopic (exact) mass is 340 g/mol. The molecule has 0 bridgehead atoms. The van der Waals surface area contributed by atoms with E-state index in [9.17, 15) is 4.79 Å². The van der Waals surface area contributed by atoms with Crippen molar-refractivity contribution in [3.8, 4) is 5.69 Å². The minimum atomic E-state index is -0.189. The molecule has 130 valence electrons. The highest BCUT2D eigenvalue weighted by Crippen LogP contribution is 2.16. The summed E-state index contributed by atoms with van der Waals surface area (Å²) < 4.78 is 1.67. The van der Waals surface area contributed by atoms with E-state index in [1.54, 1.807) is 16.6 Å². The molecule has 25 heavy (non-hydrogen) atoms. The average Bonchev–Trinajstić information content (AvgIpc) is 3.25. The lowest BCUT2D eigenvalue weighted by Crippen LogP contribution is -2.31. The molecule has 9 heteroatoms. The molecular formula is C16H20N8O. The molecular weight excluding hydrogens is 320 g/mol. The Balaban J connectivity index is 1.77. The molecule has 0 aliphatic rings. The van der Waals surface area contributed by atoms with Crippen molar-refractivity contribution in [3.05, 3.63) is 47.0 Å². The Morgan fingerprint density at radius 3 is 2.60 bits per heavy atom. The zero-order valence-electron chi connectivity index (χ0n) is 14.6. The van der Waals surface area contributed by atoms with Gasteiger partial charge < -0.3 is 4.90 Å². The molecule has 0 fully saturated rings. The zero-order chi connectivity index (χ0) is 18.0. The van der Waals surface area contributed by atoms with Gasteiger partial charge in [0.1, 0.15) is 0 Å². The number of amides is 1. The van der Waals surface area contributed by atoms with E-state index in [0.29, 0.717) is 23.8 Å². The number of carbonyl (C=O) groups is 1. The predicted molar refractivity (Wildman–Crippen MR) is 90.4 cm³/mol. The SMILES string of the molecule is Cc1ccc(-n2nnc(C(=O)N(C)C[C@@H](C)c3nn[nH]n3)c2C)cc1. The minimum Gasteiger partial charge on any atom is -0.340 e. The van der Waals surface area contributed by atoms with Crippen LogP contribution in [0.15, 0.2) is 24.3 Å². The van der Waals surface area contributed by atoms with Gasteiger partial charge in [-0.25, -0.2) is 4.68 Å². The van der Waals surface area contributed by atoms with E-state index in [4.69, 9.17) is 0 Å². The first-order chi connectivity index (χ1) is 12.0. The topological polar surface area (TPSA) is 105 Å². The number of tetrazole rings is 1. The fourth-order valence-electron chi connectivity index (χ4n) is 2.59. The number of hydrogen-bond donors (Lipinski definition) is 1. The van der Waals surface area contributed by atoms with Crippen molar-refractivity contribution in [3.63, 3.8) is 0 Å². The summed E-state index contributed by atoms with van der Waals surface area (Å²) in [5.41, 5.74) is 3.07. The lowest BCUT2D eigenvalue weighted by molar-refractivity contribution is 0.0780. The average molecular weight is 340 g/mol. The highest BCUT2D eigenvalue weighted by Gasteiger charge is 2.23. The molecule has 0 spiro atoms. The van der Waals surface area contributed by atoms with Crippen LogP contribution in [0.5, 0.6) is 0 Å². The van der Waals surface area contributed by atoms with Crippen LogP contribution in [0, 0.1) is 13.8 Å². The molecule has 0 saturated heterocycles. The Labute approximate surface area is 145 Å². The highest BCUT2D eigenvalue weighted by atomic mass is 16.2. The van der Waals surface area contributed by atoms with Crippen LogP contribution >= 0.6 is 0 Å². The van der Waals surface area contributed by atoms with Gasteiger partial charge in [0.2, 0.25) is 0 Å². The summed E-state index contributed by atoms with van der Waals surface area (Å²) in [7, 11) is 1.73. The minimum absolute atomic E-state index is 0.0415. The molecule has 0 saturated carbocycles. The second kappa shape index (κ2) is 6.80. The summed E-state index contributed by atoms with van der Waals surface area (Å²) >= 11 is 0. The number of benzene rings is 1. The molecule has 1 atom stereocenters. The number of carbonyl (C=O) groups excluding carboxylic acids is 1. The molecule has 2 aromatic heterocycles. The lowest BCUT2D eigenvalue weighted by Gasteiger charge is -2.19. The van der Waals surface area contributed by atoms with Gasteiger partial charge in [0.05, 0.1) is 11.4 Å². The van der Waals surface area contributed by atoms with Crippen LogP contribution in [0.4, 0.5) is 0 Å². The second-order valence-corrected chi connectivity index (χ2v) is 6.13. The van der Waals surface area contributed by atoms with Crippen molar-refractivity contribution in [2.45, 2.75) is 26.7 Å². The van der Waals surface area contributed by atoms with Crippen LogP contribution in [0.25, 0.3) is 5.69 Å². The smallest absolute Gasteiger partial charge is 0.276 e. The number of nitrogens with zero attached hydrogens (tertiary/aromatic N) is 7. The summed E-state index contributed by atoms with van der Waals surface area (Å²) in [5, 5.41) is 22.1. The van der Waals surface area contributed by atoms with Gasteiger partial charge in [-0.15, -0.1) is 15.3 Å². The molecule has 1 N–H and O–H groups in total. The lowest BCUT2D eigenvalue weighted by atomic mass is 10.1. The van der Waals surface area contributed by atoms with Gasteiger partial charge in [-0.3, -0.25) is 4.79 Å². The maximum absolute atomic E-state index is 12.7. The number of rotatable bonds is 5. The molecule has 1 aromatic carbocycles. The zero-order valence-corrected chi connectivity index (χ0v) is 14.6. The molecule has 0 radical (unpaired) electrons. The van der Waals surface area contributed by atoms with E-state index < -0.39 is 0 Å². The fourth-order valence-corrected chi connectivity index (χ4v) is 2.59. The van der Waals surface area contributed by atoms with E-state index in [0.717, 1.165) is 11.3 Å². The van der Waals surface area contributed by atoms with Crippen LogP contribution in [-0.2, 0) is 0 Å². The van der Waals surface area contributed by atoms with Gasteiger partial charge in [-0.2, -0.15) is 5.21 Å². The Morgan fingerprint density at radius 2 is 1.96 bits per heavy atom. The van der Waals surface area contributed by atoms with E-state index in [2.05, 4.69) is 30.9 Å². The fraction of sp³-hybridized carbons (Fsp3) is 0.375. The van der Waals surface area contributed by atoms with Crippen LogP contribution in [-0.4, -0.2) is 60.0 Å². The number of nitrogens with one attached hydrogen (secondary N) is 1. The van der Waals surface area contributed by atoms with Crippen molar-refractivity contribution >= 4 is 5.91 Å². The first kappa shape index (κ1) is 16.7. The van der Waals surface area contributed by atoms with Gasteiger partial charge in [0, 0.05) is 19.5 Å². The largest absolute Gasteiger partial charge is 0.340 e. The van der Waals surface area contributed by atoms with Gasteiger partial charge in [0.25, 0.3) is 5.91 Å². The molecule has 9 nitrogen and oxygen atoms in total. The van der Waals surface area contributed by atoms with Crippen molar-refractivity contribution < 1.29 is 4.79 Å². The van der Waals surface area contributed by atoms with Crippen molar-refractivity contribution in [2.75, 3.05) is 13.6 Å². The molecule has 0 aliphatic heterocycles. The van der Waals surface area contributed by atoms with Crippen molar-refractivity contribution in [1.29, 1.82) is 0 Å². The van der Waals surface area contributed by atoms with Gasteiger partial charge >= 0.3 is 0 Å². The third-order valence-electron chi connectivity index (χ3n) is 4.07. The van der Waals surface area contributed by atoms with E-state index in [1.807, 2.05) is 45.0 Å². The first-order valence-corrected chi connectivity index (χ1v) is 7.95. The van der Waals surface area contributed by atoms with Crippen LogP contribution in [0.1, 0.15) is 40.4 Å². The quantitative estimate of drug-likeness (QED) is 0.750. The Kier molecular flexibility index (Phi) is 4.55. The summed E-state index contributed by atoms with van der Waals surface area (Å²) in [4.78, 5) is 14.3. The summed E-state index contributed by atoms with van der Waals surface area (Å²) in [6.07, 6.45) is 0. The number of aromatic amines is 1. The van der Waals surface area contributed by atoms with Crippen molar-refractivity contribution in [1.82, 2.24) is 40.5 Å². The first-order valence-electron chi connectivity index (χ1n) is 7.95. The molecule has 0 unspecified atom stereocenters. The van der Waals surface area contributed by atoms with Crippen LogP contribution in [0.3, 0.4) is 0 Å². The second-order valence-electron chi connectivity index (χ2n) is 6.13. The van der Waals surface area contributed by atoms with Crippen LogP contribution < -0.4 is 0 Å². The number of aryl methyl sites for hydroxylation is 1. The maximum atomic E-state index is 12.7. The van der Waals surface area contributed by atoms with Gasteiger partial charge in [0.15, 0.2) is 11.5 Å². The number of hydrogen-bond acceptors (Lipinski definition) is 6. The van der Waals surface area contributed by atoms with E-state index >= 15 is 0 Å². The Morgan fingerprint density at radius 1 is 1.24 bits per heavy atom. The summed E-state index contributed by atoms with van der Waals surface area (Å²) in [6, 6.07) is 7.90. The number of H-pyrrole nitrogens is 1. The van der Waals surface area contributed by atoms with Gasteiger partial charge in [-0.1, -0.05) is 35.0 Å². The molecule has 0 aliphatic carbocycles. The standard InChI is InChI=1S/C16H20N8O/c1-10-5-7-13(8-6-10)24-12(3)14(17-22-24)16(25)23(4)9-11(2)15-18-20-21-19-15/h5-8,11H,9H2,1-4H3,(H,18,19,20,21)/t11-/m1/s1. The molecule has 2 heterocycles. The number of aromatic nitrogens is 7. The number of likely N-dealkylation sites (N-methyl/N-ethyl adjacent to an activating group) is 1. The molecule has 3 rings (SSSR count). The van der Waals surface area contributed by atoms with Crippen LogP contribution in [0.2, 0.25) is 0 Å².